The first-order valence-corrected chi connectivity index (χ1v) is 4.78. The van der Waals surface area contributed by atoms with Gasteiger partial charge in [-0.2, -0.15) is 0 Å². The zero-order valence-electron chi connectivity index (χ0n) is 8.19. The lowest BCUT2D eigenvalue weighted by molar-refractivity contribution is 0.561. The molecule has 1 heterocycles. The van der Waals surface area contributed by atoms with Crippen LogP contribution in [0.15, 0.2) is 47.3 Å². The van der Waals surface area contributed by atoms with Crippen LogP contribution < -0.4 is 5.73 Å². The van der Waals surface area contributed by atoms with Gasteiger partial charge in [0.2, 0.25) is 0 Å². The highest BCUT2D eigenvalue weighted by atomic mass is 19.1. The van der Waals surface area contributed by atoms with Crippen molar-refractivity contribution >= 4 is 0 Å². The van der Waals surface area contributed by atoms with E-state index in [4.69, 9.17) is 10.2 Å². The monoisotopic (exact) mass is 205 g/mol. The molecule has 0 aliphatic carbocycles. The Bertz CT molecular complexity index is 408. The van der Waals surface area contributed by atoms with E-state index in [1.54, 1.807) is 24.7 Å². The normalized spacial score (nSPS) is 12.7. The Hall–Kier alpha value is -1.61. The van der Waals surface area contributed by atoms with Crippen molar-refractivity contribution < 1.29 is 8.81 Å². The lowest BCUT2D eigenvalue weighted by Gasteiger charge is -2.10. The van der Waals surface area contributed by atoms with Gasteiger partial charge in [0.1, 0.15) is 5.82 Å². The van der Waals surface area contributed by atoms with E-state index in [1.165, 1.54) is 12.1 Å². The van der Waals surface area contributed by atoms with Gasteiger partial charge >= 0.3 is 0 Å². The third kappa shape index (κ3) is 2.44. The molecule has 1 aromatic heterocycles. The summed E-state index contributed by atoms with van der Waals surface area (Å²) < 4.78 is 17.6. The maximum Gasteiger partial charge on any atom is 0.123 e. The van der Waals surface area contributed by atoms with Gasteiger partial charge in [-0.25, -0.2) is 4.39 Å². The SMILES string of the molecule is NC(Cc1ccoc1)c1ccc(F)cc1. The Morgan fingerprint density at radius 1 is 1.20 bits per heavy atom. The molecule has 0 amide bonds. The summed E-state index contributed by atoms with van der Waals surface area (Å²) in [7, 11) is 0. The fraction of sp³-hybridized carbons (Fsp3) is 0.167. The van der Waals surface area contributed by atoms with Crippen LogP contribution in [0.25, 0.3) is 0 Å². The molecule has 2 rings (SSSR count). The van der Waals surface area contributed by atoms with Crippen LogP contribution >= 0.6 is 0 Å². The first-order valence-electron chi connectivity index (χ1n) is 4.78. The lowest BCUT2D eigenvalue weighted by Crippen LogP contribution is -2.12. The molecule has 0 spiro atoms. The van der Waals surface area contributed by atoms with Crippen LogP contribution in [-0.2, 0) is 6.42 Å². The van der Waals surface area contributed by atoms with Gasteiger partial charge in [-0.1, -0.05) is 12.1 Å². The van der Waals surface area contributed by atoms with Crippen molar-refractivity contribution in [2.45, 2.75) is 12.5 Å². The van der Waals surface area contributed by atoms with Gasteiger partial charge in [0, 0.05) is 6.04 Å². The Balaban J connectivity index is 2.08. The van der Waals surface area contributed by atoms with Gasteiger partial charge in [0.05, 0.1) is 12.5 Å². The highest BCUT2D eigenvalue weighted by Crippen LogP contribution is 2.16. The average molecular weight is 205 g/mol. The van der Waals surface area contributed by atoms with Crippen LogP contribution in [0, 0.1) is 5.82 Å². The quantitative estimate of drug-likeness (QED) is 0.836. The Morgan fingerprint density at radius 3 is 2.53 bits per heavy atom. The zero-order chi connectivity index (χ0) is 10.7. The largest absolute Gasteiger partial charge is 0.472 e. The van der Waals surface area contributed by atoms with Crippen molar-refractivity contribution in [2.75, 3.05) is 0 Å². The number of furan rings is 1. The smallest absolute Gasteiger partial charge is 0.123 e. The lowest BCUT2D eigenvalue weighted by atomic mass is 10.0. The van der Waals surface area contributed by atoms with Crippen LogP contribution in [0.1, 0.15) is 17.2 Å². The fourth-order valence-electron chi connectivity index (χ4n) is 1.49. The summed E-state index contributed by atoms with van der Waals surface area (Å²) in [6, 6.07) is 8.02. The third-order valence-corrected chi connectivity index (χ3v) is 2.33. The molecule has 2 aromatic rings. The van der Waals surface area contributed by atoms with Crippen LogP contribution in [0.4, 0.5) is 4.39 Å². The number of hydrogen-bond donors (Lipinski definition) is 1. The number of nitrogens with two attached hydrogens (primary N) is 1. The topological polar surface area (TPSA) is 39.2 Å². The number of halogens is 1. The van der Waals surface area contributed by atoms with Crippen LogP contribution in [0.2, 0.25) is 0 Å². The molecule has 15 heavy (non-hydrogen) atoms. The first kappa shape index (κ1) is 9.93. The summed E-state index contributed by atoms with van der Waals surface area (Å²) in [5, 5.41) is 0. The summed E-state index contributed by atoms with van der Waals surface area (Å²) in [4.78, 5) is 0. The Labute approximate surface area is 87.5 Å². The molecule has 1 atom stereocenters. The molecule has 0 radical (unpaired) electrons. The van der Waals surface area contributed by atoms with Gasteiger partial charge in [-0.3, -0.25) is 0 Å². The van der Waals surface area contributed by atoms with Crippen LogP contribution in [0.3, 0.4) is 0 Å². The molecular formula is C12H12FNO. The van der Waals surface area contributed by atoms with E-state index in [0.717, 1.165) is 11.1 Å². The van der Waals surface area contributed by atoms with Crippen molar-refractivity contribution in [3.8, 4) is 0 Å². The maximum atomic E-state index is 12.7. The second kappa shape index (κ2) is 4.28. The first-order chi connectivity index (χ1) is 7.25. The van der Waals surface area contributed by atoms with Crippen LogP contribution in [-0.4, -0.2) is 0 Å². The molecule has 0 saturated heterocycles. The summed E-state index contributed by atoms with van der Waals surface area (Å²) in [6.45, 7) is 0. The number of hydrogen-bond acceptors (Lipinski definition) is 2. The van der Waals surface area contributed by atoms with Gasteiger partial charge in [0.25, 0.3) is 0 Å². The Morgan fingerprint density at radius 2 is 1.93 bits per heavy atom. The van der Waals surface area contributed by atoms with E-state index in [9.17, 15) is 4.39 Å². The summed E-state index contributed by atoms with van der Waals surface area (Å²) >= 11 is 0. The van der Waals surface area contributed by atoms with Crippen molar-refractivity contribution in [3.05, 3.63) is 59.8 Å². The van der Waals surface area contributed by atoms with E-state index in [0.29, 0.717) is 6.42 Å². The molecule has 0 bridgehead atoms. The van der Waals surface area contributed by atoms with Gasteiger partial charge in [-0.15, -0.1) is 0 Å². The minimum atomic E-state index is -0.241. The van der Waals surface area contributed by atoms with Crippen LogP contribution in [0.5, 0.6) is 0 Å². The van der Waals surface area contributed by atoms with Crippen molar-refractivity contribution in [1.29, 1.82) is 0 Å². The second-order valence-electron chi connectivity index (χ2n) is 3.49. The molecular weight excluding hydrogens is 193 g/mol. The van der Waals surface area contributed by atoms with Crippen molar-refractivity contribution in [1.82, 2.24) is 0 Å². The molecule has 78 valence electrons. The van der Waals surface area contributed by atoms with Gasteiger partial charge in [0.15, 0.2) is 0 Å². The van der Waals surface area contributed by atoms with Gasteiger partial charge < -0.3 is 10.2 Å². The standard InChI is InChI=1S/C12H12FNO/c13-11-3-1-10(2-4-11)12(14)7-9-5-6-15-8-9/h1-6,8,12H,7,14H2. The van der Waals surface area contributed by atoms with Crippen molar-refractivity contribution in [2.24, 2.45) is 5.73 Å². The van der Waals surface area contributed by atoms with E-state index < -0.39 is 0 Å². The summed E-state index contributed by atoms with van der Waals surface area (Å²) in [5.74, 6) is -0.241. The fourth-order valence-corrected chi connectivity index (χ4v) is 1.49. The van der Waals surface area contributed by atoms with E-state index in [1.807, 2.05) is 6.07 Å². The molecule has 1 aromatic carbocycles. The molecule has 2 nitrogen and oxygen atoms in total. The highest BCUT2D eigenvalue weighted by Gasteiger charge is 2.07. The minimum Gasteiger partial charge on any atom is -0.472 e. The maximum absolute atomic E-state index is 12.7. The molecule has 2 N–H and O–H groups in total. The molecule has 0 fully saturated rings. The van der Waals surface area contributed by atoms with E-state index in [2.05, 4.69) is 0 Å². The predicted octanol–water partition coefficient (Wildman–Crippen LogP) is 2.66. The molecule has 0 aliphatic heterocycles. The summed E-state index contributed by atoms with van der Waals surface area (Å²) in [6.07, 6.45) is 3.98. The second-order valence-corrected chi connectivity index (χ2v) is 3.49. The minimum absolute atomic E-state index is 0.122. The number of rotatable bonds is 3. The zero-order valence-corrected chi connectivity index (χ0v) is 8.19. The Kier molecular flexibility index (Phi) is 2.83. The molecule has 1 unspecified atom stereocenters. The highest BCUT2D eigenvalue weighted by molar-refractivity contribution is 5.22. The van der Waals surface area contributed by atoms with Gasteiger partial charge in [-0.05, 0) is 35.7 Å². The predicted molar refractivity (Wildman–Crippen MR) is 55.7 cm³/mol. The van der Waals surface area contributed by atoms with E-state index in [-0.39, 0.29) is 11.9 Å². The third-order valence-electron chi connectivity index (χ3n) is 2.33. The summed E-state index contributed by atoms with van der Waals surface area (Å²) in [5.41, 5.74) is 7.95. The van der Waals surface area contributed by atoms with E-state index >= 15 is 0 Å². The molecule has 0 saturated carbocycles. The molecule has 3 heteroatoms. The molecule has 0 aliphatic rings. The average Bonchev–Trinajstić information content (AvgIpc) is 2.71. The van der Waals surface area contributed by atoms with Crippen molar-refractivity contribution in [3.63, 3.8) is 0 Å². The number of benzene rings is 1.